The molecule has 1 amide bonds. The number of hydrogen-bond acceptors (Lipinski definition) is 7. The number of aliphatic hydroxyl groups is 1. The van der Waals surface area contributed by atoms with Crippen molar-refractivity contribution < 1.29 is 9.90 Å². The molecule has 0 aliphatic carbocycles. The molecule has 2 aromatic rings. The number of aliphatic hydroxyl groups excluding tert-OH is 1. The number of amides is 1. The molecule has 2 saturated heterocycles. The normalized spacial score (nSPS) is 21.6. The minimum absolute atomic E-state index is 0.0796. The first-order valence-electron chi connectivity index (χ1n) is 11.6. The third-order valence-electron chi connectivity index (χ3n) is 6.82. The van der Waals surface area contributed by atoms with Crippen molar-refractivity contribution in [2.24, 2.45) is 5.84 Å². The predicted octanol–water partition coefficient (Wildman–Crippen LogP) is 2.78. The summed E-state index contributed by atoms with van der Waals surface area (Å²) in [5.41, 5.74) is 9.27. The van der Waals surface area contributed by atoms with Gasteiger partial charge in [0.1, 0.15) is 0 Å². The summed E-state index contributed by atoms with van der Waals surface area (Å²) < 4.78 is 0. The molecule has 34 heavy (non-hydrogen) atoms. The quantitative estimate of drug-likeness (QED) is 0.270. The van der Waals surface area contributed by atoms with E-state index in [1.54, 1.807) is 17.1 Å². The first kappa shape index (κ1) is 24.9. The average molecular weight is 507 g/mol. The third kappa shape index (κ3) is 5.06. The zero-order chi connectivity index (χ0) is 24.4. The summed E-state index contributed by atoms with van der Waals surface area (Å²) in [4.78, 5) is 16.9. The number of carbonyl (C=O) groups is 1. The van der Waals surface area contributed by atoms with E-state index < -0.39 is 0 Å². The van der Waals surface area contributed by atoms with Crippen LogP contribution in [0.1, 0.15) is 31.4 Å². The van der Waals surface area contributed by atoms with E-state index in [0.717, 1.165) is 30.6 Å². The second-order valence-electron chi connectivity index (χ2n) is 8.96. The lowest BCUT2D eigenvalue weighted by atomic mass is 10.1. The fourth-order valence-electron chi connectivity index (χ4n) is 4.78. The Balaban J connectivity index is 1.52. The van der Waals surface area contributed by atoms with Crippen LogP contribution < -0.4 is 26.8 Å². The fourth-order valence-corrected chi connectivity index (χ4v) is 5.35. The number of nitrogens with two attached hydrogens (primary N) is 2. The lowest BCUT2D eigenvalue weighted by Crippen LogP contribution is -2.59. The molecule has 10 heteroatoms. The van der Waals surface area contributed by atoms with Crippen molar-refractivity contribution in [3.8, 4) is 0 Å². The number of benzene rings is 2. The summed E-state index contributed by atoms with van der Waals surface area (Å²) in [6.45, 7) is 4.45. The Hall–Kier alpha value is -2.23. The molecule has 0 spiro atoms. The Morgan fingerprint density at radius 3 is 2.74 bits per heavy atom. The smallest absolute Gasteiger partial charge is 0.240 e. The van der Waals surface area contributed by atoms with Crippen LogP contribution in [0.2, 0.25) is 10.0 Å². The van der Waals surface area contributed by atoms with Gasteiger partial charge in [-0.15, -0.1) is 0 Å². The van der Waals surface area contributed by atoms with Crippen LogP contribution >= 0.6 is 23.2 Å². The molecule has 6 N–H and O–H groups in total. The van der Waals surface area contributed by atoms with Crippen molar-refractivity contribution in [2.45, 2.75) is 37.9 Å². The number of halogens is 2. The molecular formula is C24H32Cl2N6O2. The van der Waals surface area contributed by atoms with E-state index >= 15 is 0 Å². The van der Waals surface area contributed by atoms with E-state index in [1.165, 1.54) is 0 Å². The maximum atomic E-state index is 12.9. The van der Waals surface area contributed by atoms with Gasteiger partial charge in [0.15, 0.2) is 0 Å². The summed E-state index contributed by atoms with van der Waals surface area (Å²) >= 11 is 12.4. The molecule has 184 valence electrons. The summed E-state index contributed by atoms with van der Waals surface area (Å²) in [6.07, 6.45) is 1.85. The highest BCUT2D eigenvalue weighted by molar-refractivity contribution is 6.35. The van der Waals surface area contributed by atoms with Crippen molar-refractivity contribution in [3.05, 3.63) is 52.0 Å². The van der Waals surface area contributed by atoms with Crippen LogP contribution in [0.3, 0.4) is 0 Å². The first-order valence-corrected chi connectivity index (χ1v) is 12.3. The van der Waals surface area contributed by atoms with Crippen molar-refractivity contribution in [3.63, 3.8) is 0 Å². The molecule has 8 nitrogen and oxygen atoms in total. The lowest BCUT2D eigenvalue weighted by molar-refractivity contribution is -0.136. The Kier molecular flexibility index (Phi) is 7.74. The van der Waals surface area contributed by atoms with E-state index in [2.05, 4.69) is 10.2 Å². The molecule has 2 heterocycles. The Morgan fingerprint density at radius 1 is 1.26 bits per heavy atom. The largest absolute Gasteiger partial charge is 0.397 e. The molecular weight excluding hydrogens is 475 g/mol. The van der Waals surface area contributed by atoms with Crippen LogP contribution in [0.4, 0.5) is 17.1 Å². The molecule has 2 fully saturated rings. The molecule has 0 radical (unpaired) electrons. The van der Waals surface area contributed by atoms with E-state index in [0.29, 0.717) is 41.1 Å². The number of rotatable bonds is 6. The molecule has 2 aliphatic rings. The van der Waals surface area contributed by atoms with Gasteiger partial charge in [-0.1, -0.05) is 29.3 Å². The van der Waals surface area contributed by atoms with Gasteiger partial charge in [-0.2, -0.15) is 0 Å². The Labute approximate surface area is 210 Å². The molecule has 3 atom stereocenters. The zero-order valence-corrected chi connectivity index (χ0v) is 20.8. The first-order chi connectivity index (χ1) is 16.3. The van der Waals surface area contributed by atoms with Gasteiger partial charge >= 0.3 is 0 Å². The SMILES string of the molecule is C[C@H](c1ccc(Cl)cc1Cl)N(N)c1cc(N2CCN(C(=O)[C@H]3CCCN3)[C@H](CO)C2)ccc1N. The van der Waals surface area contributed by atoms with Crippen molar-refractivity contribution in [1.29, 1.82) is 0 Å². The molecule has 0 aromatic heterocycles. The topological polar surface area (TPSA) is 111 Å². The maximum absolute atomic E-state index is 12.9. The molecule has 2 aliphatic heterocycles. The monoisotopic (exact) mass is 506 g/mol. The van der Waals surface area contributed by atoms with Gasteiger partial charge in [0.2, 0.25) is 5.91 Å². The highest BCUT2D eigenvalue weighted by Crippen LogP contribution is 2.35. The molecule has 2 aromatic carbocycles. The second kappa shape index (κ2) is 10.6. The highest BCUT2D eigenvalue weighted by Gasteiger charge is 2.35. The lowest BCUT2D eigenvalue weighted by Gasteiger charge is -2.43. The predicted molar refractivity (Wildman–Crippen MR) is 138 cm³/mol. The van der Waals surface area contributed by atoms with Gasteiger partial charge in [-0.25, -0.2) is 5.84 Å². The van der Waals surface area contributed by atoms with Crippen molar-refractivity contribution >= 4 is 46.2 Å². The van der Waals surface area contributed by atoms with Gasteiger partial charge < -0.3 is 31.0 Å². The van der Waals surface area contributed by atoms with Gasteiger partial charge in [0.05, 0.1) is 36.1 Å². The number of nitrogens with one attached hydrogen (secondary N) is 1. The number of piperazine rings is 1. The number of carbonyl (C=O) groups excluding carboxylic acids is 1. The molecule has 0 unspecified atom stereocenters. The fraction of sp³-hybridized carbons (Fsp3) is 0.458. The van der Waals surface area contributed by atoms with Gasteiger partial charge in [0.25, 0.3) is 0 Å². The van der Waals surface area contributed by atoms with Crippen LogP contribution in [0, 0.1) is 0 Å². The van der Waals surface area contributed by atoms with Crippen LogP contribution in [-0.2, 0) is 4.79 Å². The molecule has 0 saturated carbocycles. The van der Waals surface area contributed by atoms with Crippen molar-refractivity contribution in [1.82, 2.24) is 10.2 Å². The van der Waals surface area contributed by atoms with Crippen LogP contribution in [0.5, 0.6) is 0 Å². The minimum Gasteiger partial charge on any atom is -0.397 e. The summed E-state index contributed by atoms with van der Waals surface area (Å²) in [6, 6.07) is 10.4. The van der Waals surface area contributed by atoms with E-state index in [9.17, 15) is 9.90 Å². The number of nitrogens with zero attached hydrogens (tertiary/aromatic N) is 3. The summed E-state index contributed by atoms with van der Waals surface area (Å²) in [5, 5.41) is 16.0. The summed E-state index contributed by atoms with van der Waals surface area (Å²) in [5.74, 6) is 6.58. The molecule has 4 rings (SSSR count). The Morgan fingerprint density at radius 2 is 2.06 bits per heavy atom. The van der Waals surface area contributed by atoms with Gasteiger partial charge in [-0.05, 0) is 62.2 Å². The van der Waals surface area contributed by atoms with Crippen LogP contribution in [0.25, 0.3) is 0 Å². The minimum atomic E-state index is -0.273. The second-order valence-corrected chi connectivity index (χ2v) is 9.80. The van der Waals surface area contributed by atoms with Gasteiger partial charge in [0, 0.05) is 35.4 Å². The average Bonchev–Trinajstić information content (AvgIpc) is 3.38. The van der Waals surface area contributed by atoms with E-state index in [4.69, 9.17) is 34.8 Å². The van der Waals surface area contributed by atoms with Crippen molar-refractivity contribution in [2.75, 3.05) is 48.4 Å². The highest BCUT2D eigenvalue weighted by atomic mass is 35.5. The number of nitrogen functional groups attached to an aromatic ring is 1. The van der Waals surface area contributed by atoms with Gasteiger partial charge in [-0.3, -0.25) is 4.79 Å². The zero-order valence-electron chi connectivity index (χ0n) is 19.3. The van der Waals surface area contributed by atoms with E-state index in [1.807, 2.05) is 36.1 Å². The van der Waals surface area contributed by atoms with Crippen LogP contribution in [-0.4, -0.2) is 60.8 Å². The number of hydrazine groups is 1. The van der Waals surface area contributed by atoms with Crippen LogP contribution in [0.15, 0.2) is 36.4 Å². The standard InChI is InChI=1S/C24H32Cl2N6O2/c1-15(19-6-4-16(25)11-20(19)26)32(28)23-12-17(5-7-21(23)27)30-9-10-31(18(13-30)14-33)24(34)22-3-2-8-29-22/h4-7,11-12,15,18,22,29,33H,2-3,8-10,13-14,27-28H2,1H3/t15-,18+,22-/m1/s1. The third-order valence-corrected chi connectivity index (χ3v) is 7.38. The molecule has 0 bridgehead atoms. The van der Waals surface area contributed by atoms with E-state index in [-0.39, 0.29) is 30.6 Å². The number of hydrogen-bond donors (Lipinski definition) is 4. The number of anilines is 3. The maximum Gasteiger partial charge on any atom is 0.240 e. The Bertz CT molecular complexity index is 1030. The summed E-state index contributed by atoms with van der Waals surface area (Å²) in [7, 11) is 0.